The van der Waals surface area contributed by atoms with Crippen LogP contribution in [0.2, 0.25) is 0 Å². The molecule has 54 heavy (non-hydrogen) atoms. The Labute approximate surface area is 320 Å². The molecule has 0 aromatic heterocycles. The van der Waals surface area contributed by atoms with E-state index in [1.807, 2.05) is 20.8 Å². The summed E-state index contributed by atoms with van der Waals surface area (Å²) in [6.45, 7) is 13.9. The molecule has 0 aromatic carbocycles. The number of aliphatic hydroxyl groups excluding tert-OH is 7. The summed E-state index contributed by atoms with van der Waals surface area (Å²) in [5.74, 6) is -0.0243. The van der Waals surface area contributed by atoms with E-state index in [1.165, 1.54) is 5.57 Å². The number of ether oxygens (including phenoxy) is 4. The predicted molar refractivity (Wildman–Crippen MR) is 195 cm³/mol. The van der Waals surface area contributed by atoms with Crippen molar-refractivity contribution in [2.45, 2.75) is 173 Å². The summed E-state index contributed by atoms with van der Waals surface area (Å²) in [5.41, 5.74) is -1.41. The smallest absolute Gasteiger partial charge is 0.186 e. The molecule has 13 heteroatoms. The maximum absolute atomic E-state index is 14.0. The Balaban J connectivity index is 1.18. The fraction of sp³-hybridized carbons (Fsp3) is 0.927. The minimum absolute atomic E-state index is 0.000298. The molecule has 6 aliphatic rings. The normalized spacial score (nSPS) is 50.0. The zero-order valence-corrected chi connectivity index (χ0v) is 33.3. The number of rotatable bonds is 10. The highest BCUT2D eigenvalue weighted by molar-refractivity contribution is 5.86. The standard InChI is InChI=1S/C41H68O13/c1-21(2)9-8-14-40(7,50)29-22-10-11-27-38(5,39(22,6)17-23(29)44)15-12-26-37(3,4)28(13-16-41(26,27)20-43)53-36-33(49)31(47)34(25(18-42)52-36)54-35-32(48)30(46)24(45)19-51-35/h9,22,24-36,42-43,45-50H,8,10-20H2,1-7H3. The van der Waals surface area contributed by atoms with Gasteiger partial charge in [0.15, 0.2) is 12.6 Å². The Morgan fingerprint density at radius 1 is 0.870 bits per heavy atom. The Kier molecular flexibility index (Phi) is 12.0. The van der Waals surface area contributed by atoms with Crippen LogP contribution in [0.3, 0.4) is 0 Å². The van der Waals surface area contributed by atoms with Crippen LogP contribution in [-0.2, 0) is 23.7 Å². The number of carbonyl (C=O) groups is 1. The van der Waals surface area contributed by atoms with Crippen molar-refractivity contribution in [1.29, 1.82) is 0 Å². The predicted octanol–water partition coefficient (Wildman–Crippen LogP) is 1.97. The highest BCUT2D eigenvalue weighted by Gasteiger charge is 2.72. The fourth-order valence-corrected chi connectivity index (χ4v) is 12.9. The average molecular weight is 769 g/mol. The number of aliphatic hydroxyl groups is 8. The van der Waals surface area contributed by atoms with E-state index in [2.05, 4.69) is 33.8 Å². The molecule has 18 unspecified atom stereocenters. The molecular weight excluding hydrogens is 700 g/mol. The van der Waals surface area contributed by atoms with Gasteiger partial charge >= 0.3 is 0 Å². The Bertz CT molecular complexity index is 1380. The van der Waals surface area contributed by atoms with Gasteiger partial charge in [-0.05, 0) is 106 Å². The van der Waals surface area contributed by atoms with Gasteiger partial charge in [-0.2, -0.15) is 0 Å². The second-order valence-corrected chi connectivity index (χ2v) is 19.4. The van der Waals surface area contributed by atoms with Crippen LogP contribution < -0.4 is 0 Å². The maximum atomic E-state index is 14.0. The first-order valence-corrected chi connectivity index (χ1v) is 20.3. The molecule has 0 bridgehead atoms. The molecule has 0 spiro atoms. The molecule has 0 radical (unpaired) electrons. The van der Waals surface area contributed by atoms with E-state index < -0.39 is 90.4 Å². The highest BCUT2D eigenvalue weighted by atomic mass is 16.7. The number of Topliss-reactive ketones (excluding diaryl/α,β-unsaturated/α-hetero) is 1. The Hall–Kier alpha value is -1.07. The van der Waals surface area contributed by atoms with E-state index in [0.717, 1.165) is 32.1 Å². The van der Waals surface area contributed by atoms with Gasteiger partial charge in [-0.1, -0.05) is 39.3 Å². The average Bonchev–Trinajstić information content (AvgIpc) is 3.39. The summed E-state index contributed by atoms with van der Waals surface area (Å²) in [5, 5.41) is 86.3. The number of fused-ring (bicyclic) bond motifs is 5. The maximum Gasteiger partial charge on any atom is 0.186 e. The number of allylic oxidation sites excluding steroid dienone is 2. The molecule has 2 heterocycles. The third-order valence-corrected chi connectivity index (χ3v) is 15.9. The summed E-state index contributed by atoms with van der Waals surface area (Å²) >= 11 is 0. The summed E-state index contributed by atoms with van der Waals surface area (Å²) in [4.78, 5) is 14.0. The molecule has 4 aliphatic carbocycles. The van der Waals surface area contributed by atoms with Crippen molar-refractivity contribution in [3.05, 3.63) is 11.6 Å². The molecule has 0 amide bonds. The van der Waals surface area contributed by atoms with Crippen molar-refractivity contribution < 1.29 is 64.6 Å². The third kappa shape index (κ3) is 6.77. The van der Waals surface area contributed by atoms with Crippen molar-refractivity contribution in [1.82, 2.24) is 0 Å². The van der Waals surface area contributed by atoms with Crippen molar-refractivity contribution in [3.63, 3.8) is 0 Å². The van der Waals surface area contributed by atoms with Crippen molar-refractivity contribution >= 4 is 5.78 Å². The van der Waals surface area contributed by atoms with E-state index in [0.29, 0.717) is 25.7 Å². The van der Waals surface area contributed by atoms with Gasteiger partial charge in [0, 0.05) is 24.4 Å². The monoisotopic (exact) mass is 768 g/mol. The van der Waals surface area contributed by atoms with Gasteiger partial charge in [-0.15, -0.1) is 0 Å². The number of hydrogen-bond donors (Lipinski definition) is 8. The summed E-state index contributed by atoms with van der Waals surface area (Å²) < 4.78 is 23.6. The Morgan fingerprint density at radius 3 is 2.20 bits per heavy atom. The van der Waals surface area contributed by atoms with Crippen LogP contribution in [0.15, 0.2) is 11.6 Å². The molecule has 310 valence electrons. The molecule has 8 N–H and O–H groups in total. The van der Waals surface area contributed by atoms with Crippen LogP contribution in [0.25, 0.3) is 0 Å². The molecule has 4 saturated carbocycles. The van der Waals surface area contributed by atoms with Gasteiger partial charge in [0.25, 0.3) is 0 Å². The van der Waals surface area contributed by atoms with Gasteiger partial charge in [-0.3, -0.25) is 4.79 Å². The van der Waals surface area contributed by atoms with Crippen LogP contribution in [0.4, 0.5) is 0 Å². The summed E-state index contributed by atoms with van der Waals surface area (Å²) in [6.07, 6.45) is -5.08. The lowest BCUT2D eigenvalue weighted by molar-refractivity contribution is -0.361. The summed E-state index contributed by atoms with van der Waals surface area (Å²) in [7, 11) is 0. The topological polar surface area (TPSA) is 216 Å². The van der Waals surface area contributed by atoms with Crippen molar-refractivity contribution in [2.24, 2.45) is 45.3 Å². The molecule has 6 fully saturated rings. The second kappa shape index (κ2) is 15.3. The lowest BCUT2D eigenvalue weighted by Crippen LogP contribution is -2.67. The van der Waals surface area contributed by atoms with Crippen LogP contribution in [0, 0.1) is 45.3 Å². The van der Waals surface area contributed by atoms with Crippen molar-refractivity contribution in [2.75, 3.05) is 19.8 Å². The minimum atomic E-state index is -1.64. The molecular formula is C41H68O13. The van der Waals surface area contributed by atoms with Gasteiger partial charge in [0.2, 0.25) is 0 Å². The molecule has 18 atom stereocenters. The number of hydrogen-bond acceptors (Lipinski definition) is 13. The quantitative estimate of drug-likeness (QED) is 0.118. The van der Waals surface area contributed by atoms with Gasteiger partial charge < -0.3 is 59.8 Å². The van der Waals surface area contributed by atoms with E-state index in [9.17, 15) is 45.6 Å². The number of carbonyl (C=O) groups excluding carboxylic acids is 1. The highest BCUT2D eigenvalue weighted by Crippen LogP contribution is 2.75. The lowest BCUT2D eigenvalue weighted by Gasteiger charge is -2.70. The van der Waals surface area contributed by atoms with Crippen LogP contribution in [-0.4, -0.2) is 133 Å². The van der Waals surface area contributed by atoms with Gasteiger partial charge in [0.1, 0.15) is 48.5 Å². The summed E-state index contributed by atoms with van der Waals surface area (Å²) in [6, 6.07) is 0. The van der Waals surface area contributed by atoms with Crippen LogP contribution in [0.5, 0.6) is 0 Å². The SMILES string of the molecule is CC(C)=CCCC(C)(O)C1C(=O)CC2(C)C1CCC1C3(CO)CCC(OC4OC(CO)C(OC5OCC(O)C(O)C5O)C(O)C4O)C(C)(C)C3CCC12C. The van der Waals surface area contributed by atoms with E-state index in [4.69, 9.17) is 18.9 Å². The fourth-order valence-electron chi connectivity index (χ4n) is 12.9. The molecule has 2 aliphatic heterocycles. The first-order chi connectivity index (χ1) is 25.2. The first kappa shape index (κ1) is 42.5. The zero-order valence-electron chi connectivity index (χ0n) is 33.3. The molecule has 0 aromatic rings. The van der Waals surface area contributed by atoms with Gasteiger partial charge in [-0.25, -0.2) is 0 Å². The van der Waals surface area contributed by atoms with Crippen LogP contribution >= 0.6 is 0 Å². The van der Waals surface area contributed by atoms with E-state index >= 15 is 0 Å². The number of ketones is 1. The van der Waals surface area contributed by atoms with Gasteiger partial charge in [0.05, 0.1) is 24.9 Å². The zero-order chi connectivity index (χ0) is 39.8. The van der Waals surface area contributed by atoms with Crippen LogP contribution in [0.1, 0.15) is 106 Å². The van der Waals surface area contributed by atoms with E-state index in [-0.39, 0.29) is 47.6 Å². The molecule has 2 saturated heterocycles. The third-order valence-electron chi connectivity index (χ3n) is 15.9. The molecule has 13 nitrogen and oxygen atoms in total. The Morgan fingerprint density at radius 2 is 1.56 bits per heavy atom. The van der Waals surface area contributed by atoms with E-state index in [1.54, 1.807) is 0 Å². The molecule has 6 rings (SSSR count). The first-order valence-electron chi connectivity index (χ1n) is 20.3. The largest absolute Gasteiger partial charge is 0.396 e. The second-order valence-electron chi connectivity index (χ2n) is 19.4. The minimum Gasteiger partial charge on any atom is -0.396 e. The van der Waals surface area contributed by atoms with Crippen molar-refractivity contribution in [3.8, 4) is 0 Å². The lowest BCUT2D eigenvalue weighted by atomic mass is 9.35.